The van der Waals surface area contributed by atoms with Crippen LogP contribution in [0.4, 0.5) is 0 Å². The molecule has 1 saturated heterocycles. The fourth-order valence-electron chi connectivity index (χ4n) is 3.43. The maximum Gasteiger partial charge on any atom is 0.295 e. The molecule has 28 heavy (non-hydrogen) atoms. The van der Waals surface area contributed by atoms with Crippen molar-refractivity contribution in [2.75, 3.05) is 20.3 Å². The molecule has 0 spiro atoms. The lowest BCUT2D eigenvalue weighted by atomic mass is 9.93. The molecule has 1 unspecified atom stereocenters. The molecule has 0 aliphatic carbocycles. The molecular formula is C22H22BrNO4. The van der Waals surface area contributed by atoms with E-state index in [1.165, 1.54) is 4.90 Å². The van der Waals surface area contributed by atoms with Crippen LogP contribution in [0.3, 0.4) is 0 Å². The van der Waals surface area contributed by atoms with Gasteiger partial charge < -0.3 is 14.7 Å². The number of carbonyl (C=O) groups is 2. The minimum Gasteiger partial charge on any atom is -0.507 e. The van der Waals surface area contributed by atoms with Gasteiger partial charge in [-0.15, -0.1) is 0 Å². The van der Waals surface area contributed by atoms with E-state index >= 15 is 0 Å². The van der Waals surface area contributed by atoms with Crippen LogP contribution in [0, 0.1) is 13.8 Å². The molecule has 0 radical (unpaired) electrons. The summed E-state index contributed by atoms with van der Waals surface area (Å²) in [6.07, 6.45) is 0. The summed E-state index contributed by atoms with van der Waals surface area (Å²) in [5.74, 6) is -1.45. The number of amides is 1. The molecule has 1 aliphatic heterocycles. The van der Waals surface area contributed by atoms with E-state index in [4.69, 9.17) is 4.74 Å². The fraction of sp³-hybridized carbons (Fsp3) is 0.273. The lowest BCUT2D eigenvalue weighted by Crippen LogP contribution is -2.32. The third-order valence-corrected chi connectivity index (χ3v) is 5.44. The maximum absolute atomic E-state index is 12.9. The maximum atomic E-state index is 12.9. The largest absolute Gasteiger partial charge is 0.507 e. The van der Waals surface area contributed by atoms with Crippen LogP contribution in [0.15, 0.2) is 52.5 Å². The van der Waals surface area contributed by atoms with Gasteiger partial charge >= 0.3 is 0 Å². The number of nitrogens with zero attached hydrogens (tertiary/aromatic N) is 1. The van der Waals surface area contributed by atoms with Gasteiger partial charge in [0.2, 0.25) is 0 Å². The van der Waals surface area contributed by atoms with Crippen LogP contribution in [0.2, 0.25) is 0 Å². The van der Waals surface area contributed by atoms with Gasteiger partial charge in [0.25, 0.3) is 11.7 Å². The Morgan fingerprint density at radius 1 is 1.14 bits per heavy atom. The first-order valence-electron chi connectivity index (χ1n) is 8.95. The molecule has 2 aromatic carbocycles. The molecule has 0 aromatic heterocycles. The number of aryl methyl sites for hydroxylation is 2. The summed E-state index contributed by atoms with van der Waals surface area (Å²) in [6.45, 7) is 4.33. The number of hydrogen-bond donors (Lipinski definition) is 1. The summed E-state index contributed by atoms with van der Waals surface area (Å²) < 4.78 is 6.00. The molecule has 1 atom stereocenters. The van der Waals surface area contributed by atoms with E-state index in [1.807, 2.05) is 56.3 Å². The molecule has 3 rings (SSSR count). The Morgan fingerprint density at radius 3 is 2.46 bits per heavy atom. The molecule has 1 aliphatic rings. The third kappa shape index (κ3) is 3.75. The zero-order valence-electron chi connectivity index (χ0n) is 16.0. The summed E-state index contributed by atoms with van der Waals surface area (Å²) in [7, 11) is 1.54. The molecule has 1 amide bonds. The van der Waals surface area contributed by atoms with Crippen molar-refractivity contribution >= 4 is 33.4 Å². The Balaban J connectivity index is 2.20. The minimum absolute atomic E-state index is 0.108. The van der Waals surface area contributed by atoms with Gasteiger partial charge in [-0.1, -0.05) is 45.8 Å². The molecule has 1 heterocycles. The van der Waals surface area contributed by atoms with Crippen LogP contribution in [0.25, 0.3) is 5.76 Å². The van der Waals surface area contributed by atoms with Gasteiger partial charge in [-0.25, -0.2) is 0 Å². The van der Waals surface area contributed by atoms with Crippen LogP contribution < -0.4 is 0 Å². The highest BCUT2D eigenvalue weighted by atomic mass is 79.9. The number of aliphatic hydroxyl groups excluding tert-OH is 1. The smallest absolute Gasteiger partial charge is 0.295 e. The Bertz CT molecular complexity index is 950. The minimum atomic E-state index is -0.678. The predicted molar refractivity (Wildman–Crippen MR) is 111 cm³/mol. The summed E-state index contributed by atoms with van der Waals surface area (Å²) >= 11 is 3.40. The monoisotopic (exact) mass is 443 g/mol. The number of rotatable bonds is 5. The Morgan fingerprint density at radius 2 is 1.82 bits per heavy atom. The first kappa shape index (κ1) is 20.3. The Labute approximate surface area is 172 Å². The highest BCUT2D eigenvalue weighted by Gasteiger charge is 2.45. The van der Waals surface area contributed by atoms with E-state index in [9.17, 15) is 14.7 Å². The summed E-state index contributed by atoms with van der Waals surface area (Å²) in [6, 6.07) is 12.4. The highest BCUT2D eigenvalue weighted by Crippen LogP contribution is 2.40. The summed E-state index contributed by atoms with van der Waals surface area (Å²) in [5.41, 5.74) is 3.22. The van der Waals surface area contributed by atoms with Crippen molar-refractivity contribution < 1.29 is 19.4 Å². The standard InChI is InChI=1S/C22H22BrNO4/c1-13-4-5-14(2)17(12-13)20(25)18-19(15-6-8-16(23)9-7-15)24(10-11-28-3)22(27)21(18)26/h4-9,12,19,25H,10-11H2,1-3H3/b20-18+. The van der Waals surface area contributed by atoms with E-state index in [-0.39, 0.29) is 17.9 Å². The normalized spacial score (nSPS) is 18.7. The summed E-state index contributed by atoms with van der Waals surface area (Å²) in [5, 5.41) is 11.1. The van der Waals surface area contributed by atoms with Crippen molar-refractivity contribution in [2.24, 2.45) is 0 Å². The number of benzene rings is 2. The third-order valence-electron chi connectivity index (χ3n) is 4.91. The van der Waals surface area contributed by atoms with Gasteiger partial charge in [0.05, 0.1) is 18.2 Å². The number of carbonyl (C=O) groups excluding carboxylic acids is 2. The van der Waals surface area contributed by atoms with E-state index in [1.54, 1.807) is 7.11 Å². The van der Waals surface area contributed by atoms with E-state index in [0.717, 1.165) is 21.2 Å². The SMILES string of the molecule is COCCN1C(=O)C(=O)/C(=C(/O)c2cc(C)ccc2C)C1c1ccc(Br)cc1. The van der Waals surface area contributed by atoms with Crippen molar-refractivity contribution in [1.82, 2.24) is 4.90 Å². The second-order valence-electron chi connectivity index (χ2n) is 6.86. The molecule has 1 N–H and O–H groups in total. The Hall–Kier alpha value is -2.44. The van der Waals surface area contributed by atoms with Crippen LogP contribution >= 0.6 is 15.9 Å². The molecular weight excluding hydrogens is 422 g/mol. The first-order valence-corrected chi connectivity index (χ1v) is 9.75. The molecule has 0 saturated carbocycles. The lowest BCUT2D eigenvalue weighted by molar-refractivity contribution is -0.140. The average Bonchev–Trinajstić information content (AvgIpc) is 2.93. The van der Waals surface area contributed by atoms with E-state index in [2.05, 4.69) is 15.9 Å². The number of methoxy groups -OCH3 is 1. The van der Waals surface area contributed by atoms with Crippen molar-refractivity contribution in [1.29, 1.82) is 0 Å². The number of halogens is 1. The van der Waals surface area contributed by atoms with Gasteiger partial charge in [-0.2, -0.15) is 0 Å². The van der Waals surface area contributed by atoms with Gasteiger partial charge in [0.15, 0.2) is 0 Å². The second kappa shape index (κ2) is 8.29. The number of hydrogen-bond acceptors (Lipinski definition) is 4. The van der Waals surface area contributed by atoms with Gasteiger partial charge in [-0.3, -0.25) is 9.59 Å². The zero-order valence-corrected chi connectivity index (χ0v) is 17.6. The predicted octanol–water partition coefficient (Wildman–Crippen LogP) is 4.13. The molecule has 5 nitrogen and oxygen atoms in total. The van der Waals surface area contributed by atoms with Crippen molar-refractivity contribution in [3.63, 3.8) is 0 Å². The Kier molecular flexibility index (Phi) is 6.01. The average molecular weight is 444 g/mol. The molecule has 146 valence electrons. The number of aliphatic hydroxyl groups is 1. The highest BCUT2D eigenvalue weighted by molar-refractivity contribution is 9.10. The number of likely N-dealkylation sites (tertiary alicyclic amines) is 1. The van der Waals surface area contributed by atoms with Gasteiger partial charge in [0, 0.05) is 23.7 Å². The van der Waals surface area contributed by atoms with Crippen LogP contribution in [-0.2, 0) is 14.3 Å². The van der Waals surface area contributed by atoms with Crippen LogP contribution in [-0.4, -0.2) is 42.0 Å². The van der Waals surface area contributed by atoms with Crippen LogP contribution in [0.1, 0.15) is 28.3 Å². The van der Waals surface area contributed by atoms with Gasteiger partial charge in [0.1, 0.15) is 5.76 Å². The topological polar surface area (TPSA) is 66.8 Å². The van der Waals surface area contributed by atoms with Crippen LogP contribution in [0.5, 0.6) is 0 Å². The van der Waals surface area contributed by atoms with Gasteiger partial charge in [-0.05, 0) is 43.2 Å². The zero-order chi connectivity index (χ0) is 20.4. The van der Waals surface area contributed by atoms with E-state index < -0.39 is 17.7 Å². The molecule has 1 fully saturated rings. The van der Waals surface area contributed by atoms with Crippen molar-refractivity contribution in [2.45, 2.75) is 19.9 Å². The van der Waals surface area contributed by atoms with E-state index in [0.29, 0.717) is 12.2 Å². The van der Waals surface area contributed by atoms with Crippen molar-refractivity contribution in [3.8, 4) is 0 Å². The lowest BCUT2D eigenvalue weighted by Gasteiger charge is -2.25. The molecule has 0 bridgehead atoms. The number of Topliss-reactive ketones (excluding diaryl/α,β-unsaturated/α-hetero) is 1. The molecule has 6 heteroatoms. The number of ketones is 1. The number of ether oxygens (including phenoxy) is 1. The molecule has 2 aromatic rings. The second-order valence-corrected chi connectivity index (χ2v) is 7.77. The van der Waals surface area contributed by atoms with Crippen molar-refractivity contribution in [3.05, 3.63) is 74.8 Å². The quantitative estimate of drug-likeness (QED) is 0.428. The summed E-state index contributed by atoms with van der Waals surface area (Å²) in [4.78, 5) is 27.1. The fourth-order valence-corrected chi connectivity index (χ4v) is 3.69. The first-order chi connectivity index (χ1) is 13.3.